The van der Waals surface area contributed by atoms with Crippen LogP contribution in [0.5, 0.6) is 0 Å². The lowest BCUT2D eigenvalue weighted by molar-refractivity contribution is -0.142. The fraction of sp³-hybridized carbons (Fsp3) is 0.561. The molecule has 58 heavy (non-hydrogen) atoms. The van der Waals surface area contributed by atoms with Crippen molar-refractivity contribution in [2.24, 2.45) is 11.7 Å². The third-order valence-corrected chi connectivity index (χ3v) is 8.87. The Balaban J connectivity index is 1.50. The van der Waals surface area contributed by atoms with E-state index in [0.29, 0.717) is 46.1 Å². The van der Waals surface area contributed by atoms with Crippen molar-refractivity contribution in [1.29, 1.82) is 0 Å². The lowest BCUT2D eigenvalue weighted by Crippen LogP contribution is -2.53. The van der Waals surface area contributed by atoms with E-state index in [1.165, 1.54) is 0 Å². The quantitative estimate of drug-likeness (QED) is 0.0627. The van der Waals surface area contributed by atoms with Gasteiger partial charge in [-0.3, -0.25) is 19.2 Å². The Hall–Kier alpha value is -5.10. The Kier molecular flexibility index (Phi) is 24.0. The topological polar surface area (TPSA) is 237 Å². The van der Waals surface area contributed by atoms with E-state index in [1.807, 2.05) is 62.4 Å². The summed E-state index contributed by atoms with van der Waals surface area (Å²) in [5, 5.41) is 19.7. The van der Waals surface area contributed by atoms with Gasteiger partial charge in [0.05, 0.1) is 59.4 Å². The highest BCUT2D eigenvalue weighted by atomic mass is 16.6. The minimum absolute atomic E-state index is 0.00764. The van der Waals surface area contributed by atoms with Crippen molar-refractivity contribution in [2.75, 3.05) is 70.8 Å². The zero-order chi connectivity index (χ0) is 42.7. The lowest BCUT2D eigenvalue weighted by Gasteiger charge is -2.25. The maximum atomic E-state index is 13.3. The molecule has 0 aromatic heterocycles. The van der Waals surface area contributed by atoms with Crippen LogP contribution in [0.4, 0.5) is 10.5 Å². The summed E-state index contributed by atoms with van der Waals surface area (Å²) in [6, 6.07) is 12.8. The number of primary amides is 1. The molecule has 7 N–H and O–H groups in total. The van der Waals surface area contributed by atoms with Crippen molar-refractivity contribution in [1.82, 2.24) is 21.3 Å². The Labute approximate surface area is 341 Å². The molecule has 0 fully saturated rings. The Morgan fingerprint density at radius 3 is 1.86 bits per heavy atom. The van der Waals surface area contributed by atoms with Crippen molar-refractivity contribution in [3.63, 3.8) is 0 Å². The first-order chi connectivity index (χ1) is 27.8. The number of urea groups is 1. The largest absolute Gasteiger partial charge is 0.480 e. The molecule has 0 saturated carbocycles. The van der Waals surface area contributed by atoms with Gasteiger partial charge in [0.25, 0.3) is 0 Å². The van der Waals surface area contributed by atoms with Crippen LogP contribution >= 0.6 is 0 Å². The van der Waals surface area contributed by atoms with Crippen LogP contribution in [0.2, 0.25) is 0 Å². The van der Waals surface area contributed by atoms with Crippen LogP contribution in [0.25, 0.3) is 0 Å². The molecule has 0 saturated heterocycles. The predicted octanol–water partition coefficient (Wildman–Crippen LogP) is 2.35. The number of carbonyl (C=O) groups excluding carboxylic acids is 5. The second-order valence-electron chi connectivity index (χ2n) is 13.9. The molecule has 0 spiro atoms. The normalized spacial score (nSPS) is 12.0. The second-order valence-corrected chi connectivity index (χ2v) is 13.9. The number of aryl methyl sites for hydroxylation is 2. The number of aliphatic carboxylic acids is 1. The first-order valence-corrected chi connectivity index (χ1v) is 19.6. The molecule has 0 unspecified atom stereocenters. The van der Waals surface area contributed by atoms with E-state index in [0.717, 1.165) is 22.4 Å². The van der Waals surface area contributed by atoms with Crippen LogP contribution in [0.1, 0.15) is 62.6 Å². The van der Waals surface area contributed by atoms with E-state index in [9.17, 15) is 33.9 Å². The van der Waals surface area contributed by atoms with E-state index in [2.05, 4.69) is 21.3 Å². The van der Waals surface area contributed by atoms with Gasteiger partial charge in [-0.25, -0.2) is 9.59 Å². The van der Waals surface area contributed by atoms with Crippen LogP contribution < -0.4 is 31.9 Å². The van der Waals surface area contributed by atoms with Crippen molar-refractivity contribution < 1.29 is 52.8 Å². The zero-order valence-electron chi connectivity index (χ0n) is 34.2. The molecule has 17 nitrogen and oxygen atoms in total. The molecular weight excluding hydrogens is 752 g/mol. The molecular formula is C41H62N6O11. The SMILES string of the molecule is Cc1ccccc1CN(C(=O)CCC(=O)NCCOCCOCCOCCOCCC(=O)N[C@H](C(=O)N[C@@H](CCCNC(N)=O)C(=O)O)C(C)C)c1ccccc1C. The number of hydrogen-bond donors (Lipinski definition) is 6. The summed E-state index contributed by atoms with van der Waals surface area (Å²) < 4.78 is 21.9. The fourth-order valence-corrected chi connectivity index (χ4v) is 5.58. The summed E-state index contributed by atoms with van der Waals surface area (Å²) in [5.74, 6) is -2.93. The van der Waals surface area contributed by atoms with Gasteiger partial charge in [-0.15, -0.1) is 0 Å². The maximum Gasteiger partial charge on any atom is 0.326 e. The van der Waals surface area contributed by atoms with E-state index in [4.69, 9.17) is 24.7 Å². The minimum atomic E-state index is -1.23. The summed E-state index contributed by atoms with van der Waals surface area (Å²) in [6.45, 7) is 10.6. The summed E-state index contributed by atoms with van der Waals surface area (Å²) in [7, 11) is 0. The molecule has 0 aliphatic heterocycles. The molecule has 0 bridgehead atoms. The number of rotatable bonds is 30. The van der Waals surface area contributed by atoms with Crippen molar-refractivity contribution in [3.05, 3.63) is 65.2 Å². The number of nitrogens with one attached hydrogen (secondary N) is 4. The number of anilines is 1. The monoisotopic (exact) mass is 814 g/mol. The van der Waals surface area contributed by atoms with E-state index in [-0.39, 0.29) is 76.2 Å². The first-order valence-electron chi connectivity index (χ1n) is 19.6. The number of para-hydroxylation sites is 1. The first kappa shape index (κ1) is 49.0. The van der Waals surface area contributed by atoms with Crippen LogP contribution in [-0.4, -0.2) is 119 Å². The van der Waals surface area contributed by atoms with Gasteiger partial charge < -0.3 is 56.0 Å². The number of carboxylic acid groups (broad SMARTS) is 1. The smallest absolute Gasteiger partial charge is 0.326 e. The molecule has 2 rings (SSSR count). The highest BCUT2D eigenvalue weighted by Gasteiger charge is 2.28. The molecule has 0 heterocycles. The molecule has 0 aliphatic rings. The van der Waals surface area contributed by atoms with Gasteiger partial charge in [-0.2, -0.15) is 0 Å². The van der Waals surface area contributed by atoms with Crippen LogP contribution in [0, 0.1) is 19.8 Å². The average molecular weight is 815 g/mol. The molecule has 2 aromatic carbocycles. The van der Waals surface area contributed by atoms with Gasteiger partial charge in [0.2, 0.25) is 23.6 Å². The number of carbonyl (C=O) groups is 6. The second kappa shape index (κ2) is 28.3. The van der Waals surface area contributed by atoms with E-state index in [1.54, 1.807) is 18.7 Å². The number of carboxylic acids is 1. The van der Waals surface area contributed by atoms with Gasteiger partial charge in [0.15, 0.2) is 0 Å². The summed E-state index contributed by atoms with van der Waals surface area (Å²) in [4.78, 5) is 75.1. The van der Waals surface area contributed by atoms with Gasteiger partial charge in [-0.05, 0) is 55.4 Å². The van der Waals surface area contributed by atoms with Gasteiger partial charge >= 0.3 is 12.0 Å². The number of ether oxygens (including phenoxy) is 4. The molecule has 0 aliphatic carbocycles. The van der Waals surface area contributed by atoms with Gasteiger partial charge in [-0.1, -0.05) is 56.3 Å². The highest BCUT2D eigenvalue weighted by molar-refractivity contribution is 5.96. The van der Waals surface area contributed by atoms with Crippen LogP contribution in [-0.2, 0) is 49.5 Å². The minimum Gasteiger partial charge on any atom is -0.480 e. The maximum absolute atomic E-state index is 13.3. The number of amides is 6. The third kappa shape index (κ3) is 20.4. The van der Waals surface area contributed by atoms with Gasteiger partial charge in [0, 0.05) is 38.0 Å². The average Bonchev–Trinajstić information content (AvgIpc) is 3.18. The number of nitrogens with zero attached hydrogens (tertiary/aromatic N) is 1. The van der Waals surface area contributed by atoms with Gasteiger partial charge in [0.1, 0.15) is 12.1 Å². The lowest BCUT2D eigenvalue weighted by atomic mass is 10.0. The molecule has 0 radical (unpaired) electrons. The number of nitrogens with two attached hydrogens (primary N) is 1. The third-order valence-electron chi connectivity index (χ3n) is 8.87. The fourth-order valence-electron chi connectivity index (χ4n) is 5.58. The summed E-state index contributed by atoms with van der Waals surface area (Å²) >= 11 is 0. The predicted molar refractivity (Wildman–Crippen MR) is 217 cm³/mol. The highest BCUT2D eigenvalue weighted by Crippen LogP contribution is 2.24. The van der Waals surface area contributed by atoms with E-state index < -0.39 is 35.9 Å². The Morgan fingerprint density at radius 2 is 1.28 bits per heavy atom. The van der Waals surface area contributed by atoms with Crippen molar-refractivity contribution in [2.45, 2.75) is 78.4 Å². The summed E-state index contributed by atoms with van der Waals surface area (Å²) in [6.07, 6.45) is 0.488. The van der Waals surface area contributed by atoms with Crippen molar-refractivity contribution >= 4 is 41.3 Å². The molecule has 2 aromatic rings. The number of benzene rings is 2. The van der Waals surface area contributed by atoms with E-state index >= 15 is 0 Å². The zero-order valence-corrected chi connectivity index (χ0v) is 34.2. The molecule has 17 heteroatoms. The standard InChI is InChI=1S/C41H62N6O11/c1-29(2)38(39(51)45-33(40(52)53)13-9-18-44-41(42)54)46-36(49)17-20-55-22-24-57-26-27-58-25-23-56-21-19-43-35(48)15-16-37(50)47(34-14-8-6-11-31(34)4)28-32-12-7-5-10-30(32)3/h5-8,10-12,14,29,33,38H,9,13,15-28H2,1-4H3,(H,43,48)(H,45,51)(H,46,49)(H,52,53)(H3,42,44,54)/t33-,38-/m0/s1. The molecule has 322 valence electrons. The Morgan fingerprint density at radius 1 is 0.690 bits per heavy atom. The Bertz CT molecular complexity index is 1590. The van der Waals surface area contributed by atoms with Crippen LogP contribution in [0.15, 0.2) is 48.5 Å². The number of hydrogen-bond acceptors (Lipinski definition) is 10. The molecule has 6 amide bonds. The van der Waals surface area contributed by atoms with Crippen LogP contribution in [0.3, 0.4) is 0 Å². The van der Waals surface area contributed by atoms with Crippen molar-refractivity contribution in [3.8, 4) is 0 Å². The summed E-state index contributed by atoms with van der Waals surface area (Å²) in [5.41, 5.74) is 8.95. The molecule has 2 atom stereocenters.